The lowest BCUT2D eigenvalue weighted by Gasteiger charge is -2.17. The van der Waals surface area contributed by atoms with Gasteiger partial charge in [0, 0.05) is 17.0 Å². The smallest absolute Gasteiger partial charge is 0.234 e. The fourth-order valence-electron chi connectivity index (χ4n) is 2.97. The Balaban J connectivity index is 1.25. The molecule has 5 nitrogen and oxygen atoms in total. The maximum absolute atomic E-state index is 12.2. The summed E-state index contributed by atoms with van der Waals surface area (Å²) in [4.78, 5) is 29.3. The van der Waals surface area contributed by atoms with E-state index in [1.807, 2.05) is 36.4 Å². The fraction of sp³-hybridized carbons (Fsp3) is 0.250. The number of thiazole rings is 1. The van der Waals surface area contributed by atoms with E-state index in [1.54, 1.807) is 11.3 Å². The molecule has 4 rings (SSSR count). The zero-order chi connectivity index (χ0) is 18.6. The molecule has 2 heterocycles. The molecule has 0 aliphatic carbocycles. The zero-order valence-electron chi connectivity index (χ0n) is 14.7. The van der Waals surface area contributed by atoms with Crippen molar-refractivity contribution in [2.45, 2.75) is 30.6 Å². The number of nitrogens with zero attached hydrogens (tertiary/aromatic N) is 1. The quantitative estimate of drug-likeness (QED) is 0.592. The van der Waals surface area contributed by atoms with Crippen LogP contribution in [-0.4, -0.2) is 22.6 Å². The number of aryl methyl sites for hydroxylation is 1. The monoisotopic (exact) mass is 397 g/mol. The number of hydrogen-bond acceptors (Lipinski definition) is 5. The van der Waals surface area contributed by atoms with Gasteiger partial charge in [-0.25, -0.2) is 4.98 Å². The molecule has 7 heteroatoms. The molecule has 1 aliphatic rings. The van der Waals surface area contributed by atoms with Gasteiger partial charge in [-0.05, 0) is 49.6 Å². The van der Waals surface area contributed by atoms with Crippen LogP contribution in [0.25, 0.3) is 10.2 Å². The molecular formula is C20H19N3O2S2. The maximum atomic E-state index is 12.2. The minimum atomic E-state index is -0.00850. The predicted molar refractivity (Wildman–Crippen MR) is 112 cm³/mol. The van der Waals surface area contributed by atoms with Gasteiger partial charge in [0.25, 0.3) is 0 Å². The summed E-state index contributed by atoms with van der Waals surface area (Å²) in [7, 11) is 0. The van der Waals surface area contributed by atoms with Crippen LogP contribution in [-0.2, 0) is 16.0 Å². The lowest BCUT2D eigenvalue weighted by atomic mass is 10.2. The molecule has 0 unspecified atom stereocenters. The summed E-state index contributed by atoms with van der Waals surface area (Å²) in [5, 5.41) is 6.88. The van der Waals surface area contributed by atoms with Crippen LogP contribution in [0.3, 0.4) is 0 Å². The third-order valence-electron chi connectivity index (χ3n) is 4.28. The average Bonchev–Trinajstić information content (AvgIpc) is 3.08. The molecule has 0 spiro atoms. The van der Waals surface area contributed by atoms with Gasteiger partial charge in [-0.3, -0.25) is 9.59 Å². The van der Waals surface area contributed by atoms with E-state index in [0.29, 0.717) is 17.9 Å². The summed E-state index contributed by atoms with van der Waals surface area (Å²) in [5.74, 6) is 0.424. The first-order valence-corrected chi connectivity index (χ1v) is 10.7. The van der Waals surface area contributed by atoms with Gasteiger partial charge in [-0.1, -0.05) is 12.1 Å². The Morgan fingerprint density at radius 2 is 2.07 bits per heavy atom. The molecule has 1 aliphatic heterocycles. The van der Waals surface area contributed by atoms with Crippen molar-refractivity contribution >= 4 is 56.5 Å². The van der Waals surface area contributed by atoms with Crippen molar-refractivity contribution in [1.82, 2.24) is 4.98 Å². The average molecular weight is 398 g/mol. The Morgan fingerprint density at radius 1 is 1.19 bits per heavy atom. The van der Waals surface area contributed by atoms with E-state index in [9.17, 15) is 9.59 Å². The summed E-state index contributed by atoms with van der Waals surface area (Å²) < 4.78 is 1.21. The summed E-state index contributed by atoms with van der Waals surface area (Å²) in [6.07, 6.45) is 3.13. The SMILES string of the molecule is O=C(CCCCc1nc2ccccc2s1)Nc1ccc2c(c1)NC(=O)CS2. The molecule has 2 N–H and O–H groups in total. The number of fused-ring (bicyclic) bond motifs is 2. The third kappa shape index (κ3) is 4.48. The number of carbonyl (C=O) groups is 2. The van der Waals surface area contributed by atoms with Crippen molar-refractivity contribution in [1.29, 1.82) is 0 Å². The molecule has 0 atom stereocenters. The number of unbranched alkanes of at least 4 members (excludes halogenated alkanes) is 1. The van der Waals surface area contributed by atoms with Crippen LogP contribution in [0.1, 0.15) is 24.3 Å². The Morgan fingerprint density at radius 3 is 2.96 bits per heavy atom. The number of hydrogen-bond donors (Lipinski definition) is 2. The number of nitrogens with one attached hydrogen (secondary N) is 2. The number of amides is 2. The number of thioether (sulfide) groups is 1. The highest BCUT2D eigenvalue weighted by Crippen LogP contribution is 2.33. The molecule has 2 amide bonds. The van der Waals surface area contributed by atoms with E-state index in [4.69, 9.17) is 0 Å². The van der Waals surface area contributed by atoms with Crippen LogP contribution in [0.4, 0.5) is 11.4 Å². The summed E-state index contributed by atoms with van der Waals surface area (Å²) in [6, 6.07) is 13.8. The van der Waals surface area contributed by atoms with Gasteiger partial charge < -0.3 is 10.6 Å². The van der Waals surface area contributed by atoms with Gasteiger partial charge in [0.1, 0.15) is 0 Å². The van der Waals surface area contributed by atoms with E-state index in [-0.39, 0.29) is 11.8 Å². The molecule has 0 bridgehead atoms. The standard InChI is InChI=1S/C20H19N3O2S2/c24-18(21-13-9-10-16-15(11-13)22-19(25)12-26-16)7-3-4-8-20-23-14-5-1-2-6-17(14)27-20/h1-2,5-6,9-11H,3-4,7-8,12H2,(H,21,24)(H,22,25). The summed E-state index contributed by atoms with van der Waals surface area (Å²) in [5.41, 5.74) is 2.53. The Labute approximate surface area is 165 Å². The minimum Gasteiger partial charge on any atom is -0.326 e. The van der Waals surface area contributed by atoms with Gasteiger partial charge in [0.05, 0.1) is 26.7 Å². The minimum absolute atomic E-state index is 0.00552. The van der Waals surface area contributed by atoms with Crippen molar-refractivity contribution in [3.8, 4) is 0 Å². The highest BCUT2D eigenvalue weighted by molar-refractivity contribution is 8.00. The Kier molecular flexibility index (Phi) is 5.40. The van der Waals surface area contributed by atoms with Crippen LogP contribution < -0.4 is 10.6 Å². The summed E-state index contributed by atoms with van der Waals surface area (Å²) in [6.45, 7) is 0. The van der Waals surface area contributed by atoms with Crippen molar-refractivity contribution in [2.75, 3.05) is 16.4 Å². The van der Waals surface area contributed by atoms with Crippen LogP contribution in [0, 0.1) is 0 Å². The number of carbonyl (C=O) groups excluding carboxylic acids is 2. The topological polar surface area (TPSA) is 71.1 Å². The molecular weight excluding hydrogens is 378 g/mol. The molecule has 1 aromatic heterocycles. The van der Waals surface area contributed by atoms with Gasteiger partial charge in [0.15, 0.2) is 0 Å². The van der Waals surface area contributed by atoms with Gasteiger partial charge in [-0.15, -0.1) is 23.1 Å². The predicted octanol–water partition coefficient (Wildman–Crippen LogP) is 4.69. The lowest BCUT2D eigenvalue weighted by Crippen LogP contribution is -2.19. The normalized spacial score (nSPS) is 13.3. The second-order valence-electron chi connectivity index (χ2n) is 6.38. The van der Waals surface area contributed by atoms with E-state index >= 15 is 0 Å². The highest BCUT2D eigenvalue weighted by Gasteiger charge is 2.16. The van der Waals surface area contributed by atoms with E-state index in [0.717, 1.165) is 40.4 Å². The van der Waals surface area contributed by atoms with Crippen LogP contribution >= 0.6 is 23.1 Å². The number of anilines is 2. The molecule has 0 radical (unpaired) electrons. The zero-order valence-corrected chi connectivity index (χ0v) is 16.3. The molecule has 2 aromatic carbocycles. The Bertz CT molecular complexity index is 967. The number of benzene rings is 2. The van der Waals surface area contributed by atoms with Crippen molar-refractivity contribution in [3.05, 3.63) is 47.5 Å². The van der Waals surface area contributed by atoms with E-state index in [2.05, 4.69) is 21.7 Å². The molecule has 0 saturated carbocycles. The number of rotatable bonds is 6. The molecule has 138 valence electrons. The first-order valence-electron chi connectivity index (χ1n) is 8.88. The van der Waals surface area contributed by atoms with E-state index in [1.165, 1.54) is 16.5 Å². The van der Waals surface area contributed by atoms with Crippen molar-refractivity contribution < 1.29 is 9.59 Å². The maximum Gasteiger partial charge on any atom is 0.234 e. The van der Waals surface area contributed by atoms with Gasteiger partial charge in [0.2, 0.25) is 11.8 Å². The van der Waals surface area contributed by atoms with Crippen molar-refractivity contribution in [2.24, 2.45) is 0 Å². The van der Waals surface area contributed by atoms with Gasteiger partial charge in [-0.2, -0.15) is 0 Å². The highest BCUT2D eigenvalue weighted by atomic mass is 32.2. The summed E-state index contributed by atoms with van der Waals surface area (Å²) >= 11 is 3.23. The lowest BCUT2D eigenvalue weighted by molar-refractivity contribution is -0.116. The molecule has 0 saturated heterocycles. The second-order valence-corrected chi connectivity index (χ2v) is 8.51. The van der Waals surface area contributed by atoms with Crippen molar-refractivity contribution in [3.63, 3.8) is 0 Å². The van der Waals surface area contributed by atoms with E-state index < -0.39 is 0 Å². The first kappa shape index (κ1) is 18.0. The van der Waals surface area contributed by atoms with Crippen LogP contribution in [0.5, 0.6) is 0 Å². The first-order chi connectivity index (χ1) is 13.2. The second kappa shape index (κ2) is 8.10. The van der Waals surface area contributed by atoms with Gasteiger partial charge >= 0.3 is 0 Å². The molecule has 27 heavy (non-hydrogen) atoms. The van der Waals surface area contributed by atoms with Crippen LogP contribution in [0.15, 0.2) is 47.4 Å². The third-order valence-corrected chi connectivity index (χ3v) is 6.45. The molecule has 0 fully saturated rings. The Hall–Kier alpha value is -2.38. The largest absolute Gasteiger partial charge is 0.326 e. The number of para-hydroxylation sites is 1. The van der Waals surface area contributed by atoms with Crippen LogP contribution in [0.2, 0.25) is 0 Å². The number of aromatic nitrogens is 1. The molecule has 3 aromatic rings. The fourth-order valence-corrected chi connectivity index (χ4v) is 4.77.